The molecule has 3 N–H and O–H groups in total. The van der Waals surface area contributed by atoms with Crippen molar-refractivity contribution >= 4 is 11.8 Å². The molecule has 2 amide bonds. The maximum Gasteiger partial charge on any atom is 0.234 e. The molecule has 1 aromatic carbocycles. The minimum Gasteiger partial charge on any atom is -0.354 e. The van der Waals surface area contributed by atoms with Crippen LogP contribution in [0, 0.1) is 0 Å². The Balaban J connectivity index is 1.98. The monoisotopic (exact) mass is 290 g/mol. The van der Waals surface area contributed by atoms with E-state index >= 15 is 0 Å². The van der Waals surface area contributed by atoms with Gasteiger partial charge < -0.3 is 16.0 Å². The number of hydrogen-bond acceptors (Lipinski definition) is 4. The van der Waals surface area contributed by atoms with Gasteiger partial charge in [0.05, 0.1) is 13.1 Å². The number of carbonyl (C=O) groups is 2. The molecule has 6 heteroatoms. The highest BCUT2D eigenvalue weighted by atomic mass is 16.2. The molecule has 1 heterocycles. The number of nitrogens with zero attached hydrogens (tertiary/aromatic N) is 1. The summed E-state index contributed by atoms with van der Waals surface area (Å²) in [5, 5.41) is 8.86. The Hall–Kier alpha value is -1.92. The van der Waals surface area contributed by atoms with Crippen LogP contribution in [0.25, 0.3) is 0 Å². The topological polar surface area (TPSA) is 73.5 Å². The van der Waals surface area contributed by atoms with Gasteiger partial charge in [0.15, 0.2) is 0 Å². The second-order valence-electron chi connectivity index (χ2n) is 5.08. The second-order valence-corrected chi connectivity index (χ2v) is 5.08. The van der Waals surface area contributed by atoms with Crippen LogP contribution in [0.4, 0.5) is 0 Å². The lowest BCUT2D eigenvalue weighted by molar-refractivity contribution is -0.125. The van der Waals surface area contributed by atoms with E-state index in [-0.39, 0.29) is 24.9 Å². The van der Waals surface area contributed by atoms with Gasteiger partial charge in [-0.2, -0.15) is 0 Å². The molecule has 0 radical (unpaired) electrons. The maximum atomic E-state index is 11.9. The van der Waals surface area contributed by atoms with Crippen LogP contribution in [0.1, 0.15) is 5.56 Å². The smallest absolute Gasteiger partial charge is 0.234 e. The van der Waals surface area contributed by atoms with Crippen LogP contribution in [0.5, 0.6) is 0 Å². The molecule has 1 saturated heterocycles. The van der Waals surface area contributed by atoms with Gasteiger partial charge in [-0.05, 0) is 5.56 Å². The largest absolute Gasteiger partial charge is 0.354 e. The summed E-state index contributed by atoms with van der Waals surface area (Å²) in [7, 11) is 0. The molecule has 1 fully saturated rings. The summed E-state index contributed by atoms with van der Waals surface area (Å²) in [5.41, 5.74) is 1.09. The number of nitrogens with one attached hydrogen (secondary N) is 3. The van der Waals surface area contributed by atoms with Gasteiger partial charge >= 0.3 is 0 Å². The van der Waals surface area contributed by atoms with E-state index in [4.69, 9.17) is 0 Å². The lowest BCUT2D eigenvalue weighted by atomic mass is 10.2. The molecule has 114 valence electrons. The molecule has 0 saturated carbocycles. The Morgan fingerprint density at radius 3 is 2.00 bits per heavy atom. The van der Waals surface area contributed by atoms with Crippen LogP contribution in [0.3, 0.4) is 0 Å². The third-order valence-electron chi connectivity index (χ3n) is 3.23. The van der Waals surface area contributed by atoms with E-state index in [0.717, 1.165) is 5.56 Å². The zero-order chi connectivity index (χ0) is 14.9. The lowest BCUT2D eigenvalue weighted by Gasteiger charge is -2.22. The summed E-state index contributed by atoms with van der Waals surface area (Å²) in [6.07, 6.45) is 0. The maximum absolute atomic E-state index is 11.9. The van der Waals surface area contributed by atoms with Crippen molar-refractivity contribution in [2.75, 3.05) is 39.3 Å². The van der Waals surface area contributed by atoms with Crippen LogP contribution in [0.15, 0.2) is 30.3 Å². The molecule has 6 nitrogen and oxygen atoms in total. The van der Waals surface area contributed by atoms with E-state index in [1.807, 2.05) is 35.2 Å². The molecule has 1 aliphatic rings. The normalized spacial score (nSPS) is 19.0. The molecule has 0 atom stereocenters. The van der Waals surface area contributed by atoms with Gasteiger partial charge in [-0.25, -0.2) is 0 Å². The lowest BCUT2D eigenvalue weighted by Crippen LogP contribution is -2.46. The Bertz CT molecular complexity index is 442. The summed E-state index contributed by atoms with van der Waals surface area (Å²) in [4.78, 5) is 25.6. The highest BCUT2D eigenvalue weighted by Gasteiger charge is 2.15. The fourth-order valence-electron chi connectivity index (χ4n) is 2.23. The standard InChI is InChI=1S/C15H22N4O2/c20-14-11-19(10-13-4-2-1-3-5-13)12-15(21)18-9-7-16-6-8-17-14/h1-5,16H,6-12H2,(H,17,20)(H,18,21). The summed E-state index contributed by atoms with van der Waals surface area (Å²) in [6, 6.07) is 9.85. The summed E-state index contributed by atoms with van der Waals surface area (Å²) in [5.74, 6) is -0.109. The van der Waals surface area contributed by atoms with Crippen LogP contribution in [-0.2, 0) is 16.1 Å². The molecule has 21 heavy (non-hydrogen) atoms. The predicted octanol–water partition coefficient (Wildman–Crippen LogP) is -0.676. The average molecular weight is 290 g/mol. The Labute approximate surface area is 124 Å². The van der Waals surface area contributed by atoms with E-state index in [1.54, 1.807) is 0 Å². The fourth-order valence-corrected chi connectivity index (χ4v) is 2.23. The average Bonchev–Trinajstić information content (AvgIpc) is 2.46. The van der Waals surface area contributed by atoms with Crippen LogP contribution in [-0.4, -0.2) is 56.0 Å². The third kappa shape index (κ3) is 5.93. The number of rotatable bonds is 2. The first-order valence-corrected chi connectivity index (χ1v) is 7.24. The molecule has 0 unspecified atom stereocenters. The van der Waals surface area contributed by atoms with Crippen molar-refractivity contribution in [2.24, 2.45) is 0 Å². The molecule has 1 aliphatic heterocycles. The van der Waals surface area contributed by atoms with Gasteiger partial charge in [0.1, 0.15) is 0 Å². The Kier molecular flexibility index (Phi) is 6.18. The van der Waals surface area contributed by atoms with Crippen LogP contribution in [0.2, 0.25) is 0 Å². The highest BCUT2D eigenvalue weighted by molar-refractivity contribution is 5.81. The summed E-state index contributed by atoms with van der Waals surface area (Å²) in [6.45, 7) is 3.66. The van der Waals surface area contributed by atoms with E-state index < -0.39 is 0 Å². The number of amides is 2. The number of carbonyl (C=O) groups excluding carboxylic acids is 2. The SMILES string of the molecule is O=C1CN(Cc2ccccc2)CC(=O)NCCNCCN1. The highest BCUT2D eigenvalue weighted by Crippen LogP contribution is 2.04. The van der Waals surface area contributed by atoms with Gasteiger partial charge in [-0.3, -0.25) is 14.5 Å². The zero-order valence-corrected chi connectivity index (χ0v) is 12.1. The van der Waals surface area contributed by atoms with Crippen molar-refractivity contribution in [3.8, 4) is 0 Å². The molecule has 2 rings (SSSR count). The second kappa shape index (κ2) is 8.39. The van der Waals surface area contributed by atoms with Crippen LogP contribution < -0.4 is 16.0 Å². The Morgan fingerprint density at radius 2 is 1.43 bits per heavy atom. The Morgan fingerprint density at radius 1 is 0.857 bits per heavy atom. The third-order valence-corrected chi connectivity index (χ3v) is 3.23. The first kappa shape index (κ1) is 15.5. The quantitative estimate of drug-likeness (QED) is 0.675. The predicted molar refractivity (Wildman–Crippen MR) is 80.6 cm³/mol. The zero-order valence-electron chi connectivity index (χ0n) is 12.1. The molecule has 0 aromatic heterocycles. The van der Waals surface area contributed by atoms with Gasteiger partial charge in [-0.1, -0.05) is 30.3 Å². The minimum atomic E-state index is -0.0545. The van der Waals surface area contributed by atoms with Crippen molar-refractivity contribution in [3.63, 3.8) is 0 Å². The molecule has 0 aliphatic carbocycles. The van der Waals surface area contributed by atoms with E-state index in [9.17, 15) is 9.59 Å². The van der Waals surface area contributed by atoms with Crippen molar-refractivity contribution in [3.05, 3.63) is 35.9 Å². The van der Waals surface area contributed by atoms with Gasteiger partial charge in [-0.15, -0.1) is 0 Å². The van der Waals surface area contributed by atoms with E-state index in [0.29, 0.717) is 32.7 Å². The summed E-state index contributed by atoms with van der Waals surface area (Å²) >= 11 is 0. The van der Waals surface area contributed by atoms with Gasteiger partial charge in [0.25, 0.3) is 0 Å². The van der Waals surface area contributed by atoms with Crippen molar-refractivity contribution in [2.45, 2.75) is 6.54 Å². The first-order chi connectivity index (χ1) is 10.2. The summed E-state index contributed by atoms with van der Waals surface area (Å²) < 4.78 is 0. The molecule has 1 aromatic rings. The number of hydrogen-bond donors (Lipinski definition) is 3. The first-order valence-electron chi connectivity index (χ1n) is 7.24. The van der Waals surface area contributed by atoms with Crippen molar-refractivity contribution in [1.29, 1.82) is 0 Å². The van der Waals surface area contributed by atoms with Gasteiger partial charge in [0, 0.05) is 32.7 Å². The molecular formula is C15H22N4O2. The van der Waals surface area contributed by atoms with Crippen molar-refractivity contribution < 1.29 is 9.59 Å². The van der Waals surface area contributed by atoms with Crippen molar-refractivity contribution in [1.82, 2.24) is 20.9 Å². The minimum absolute atomic E-state index is 0.0545. The van der Waals surface area contributed by atoms with E-state index in [1.165, 1.54) is 0 Å². The molecule has 0 spiro atoms. The van der Waals surface area contributed by atoms with E-state index in [2.05, 4.69) is 16.0 Å². The van der Waals surface area contributed by atoms with Gasteiger partial charge in [0.2, 0.25) is 11.8 Å². The number of benzene rings is 1. The van der Waals surface area contributed by atoms with Crippen LogP contribution >= 0.6 is 0 Å². The molecular weight excluding hydrogens is 268 g/mol. The fraction of sp³-hybridized carbons (Fsp3) is 0.467. The molecule has 0 bridgehead atoms.